The van der Waals surface area contributed by atoms with Gasteiger partial charge in [-0.15, -0.1) is 0 Å². The van der Waals surface area contributed by atoms with E-state index in [2.05, 4.69) is 10.3 Å². The van der Waals surface area contributed by atoms with Crippen LogP contribution >= 0.6 is 0 Å². The van der Waals surface area contributed by atoms with Crippen LogP contribution in [0, 0.1) is 11.8 Å². The maximum absolute atomic E-state index is 13.3. The van der Waals surface area contributed by atoms with Gasteiger partial charge in [-0.3, -0.25) is 4.79 Å². The van der Waals surface area contributed by atoms with E-state index in [1.165, 1.54) is 24.3 Å². The van der Waals surface area contributed by atoms with Crippen LogP contribution in [0.2, 0.25) is 0 Å². The van der Waals surface area contributed by atoms with E-state index in [4.69, 9.17) is 0 Å². The van der Waals surface area contributed by atoms with Gasteiger partial charge in [0, 0.05) is 31.2 Å². The Hall–Kier alpha value is -2.62. The molecule has 0 bridgehead atoms. The first-order valence-corrected chi connectivity index (χ1v) is 12.3. The molecule has 2 atom stereocenters. The maximum Gasteiger partial charge on any atom is 0.417 e. The molecule has 1 aliphatic heterocycles. The van der Waals surface area contributed by atoms with Crippen LogP contribution in [0.5, 0.6) is 0 Å². The smallest absolute Gasteiger partial charge is 0.355 e. The molecular formula is C22H24F3N3O3S. The highest BCUT2D eigenvalue weighted by Crippen LogP contribution is 2.39. The van der Waals surface area contributed by atoms with Gasteiger partial charge in [-0.05, 0) is 48.9 Å². The number of nitrogens with one attached hydrogen (secondary N) is 1. The van der Waals surface area contributed by atoms with Crippen molar-refractivity contribution < 1.29 is 26.4 Å². The third-order valence-electron chi connectivity index (χ3n) is 6.23. The summed E-state index contributed by atoms with van der Waals surface area (Å²) in [6.45, 7) is 1.32. The summed E-state index contributed by atoms with van der Waals surface area (Å²) in [5.74, 6) is 0.369. The van der Waals surface area contributed by atoms with Gasteiger partial charge in [-0.2, -0.15) is 13.2 Å². The van der Waals surface area contributed by atoms with E-state index in [9.17, 15) is 26.4 Å². The molecule has 0 radical (unpaired) electrons. The van der Waals surface area contributed by atoms with Crippen molar-refractivity contribution in [2.24, 2.45) is 11.8 Å². The zero-order valence-corrected chi connectivity index (χ0v) is 18.3. The predicted octanol–water partition coefficient (Wildman–Crippen LogP) is 4.38. The Morgan fingerprint density at radius 2 is 1.78 bits per heavy atom. The highest BCUT2D eigenvalue weighted by molar-refractivity contribution is 7.90. The monoisotopic (exact) mass is 467 g/mol. The number of pyridine rings is 1. The lowest BCUT2D eigenvalue weighted by Gasteiger charge is -2.22. The van der Waals surface area contributed by atoms with E-state index in [0.29, 0.717) is 24.9 Å². The Morgan fingerprint density at radius 3 is 2.38 bits per heavy atom. The maximum atomic E-state index is 13.3. The van der Waals surface area contributed by atoms with Crippen molar-refractivity contribution in [2.45, 2.75) is 36.8 Å². The van der Waals surface area contributed by atoms with Gasteiger partial charge >= 0.3 is 6.18 Å². The summed E-state index contributed by atoms with van der Waals surface area (Å²) in [4.78, 5) is 19.0. The van der Waals surface area contributed by atoms with Gasteiger partial charge in [0.05, 0.1) is 16.0 Å². The minimum absolute atomic E-state index is 0.00121. The highest BCUT2D eigenvalue weighted by Gasteiger charge is 2.38. The van der Waals surface area contributed by atoms with Gasteiger partial charge in [0.2, 0.25) is 0 Å². The van der Waals surface area contributed by atoms with Gasteiger partial charge in [0.1, 0.15) is 5.82 Å². The number of nitrogens with zero attached hydrogens (tertiary/aromatic N) is 2. The van der Waals surface area contributed by atoms with Crippen molar-refractivity contribution >= 4 is 27.2 Å². The molecule has 2 aromatic rings. The summed E-state index contributed by atoms with van der Waals surface area (Å²) in [5.41, 5.74) is -1.01. The summed E-state index contributed by atoms with van der Waals surface area (Å²) >= 11 is 0. The van der Waals surface area contributed by atoms with Crippen molar-refractivity contribution in [1.29, 1.82) is 0 Å². The normalized spacial score (nSPS) is 21.3. The topological polar surface area (TPSA) is 79.4 Å². The minimum atomic E-state index is -4.64. The molecule has 6 nitrogen and oxygen atoms in total. The number of hydrogen-bond acceptors (Lipinski definition) is 5. The Bertz CT molecular complexity index is 1120. The van der Waals surface area contributed by atoms with Gasteiger partial charge in [-0.1, -0.05) is 18.9 Å². The van der Waals surface area contributed by atoms with Crippen LogP contribution in [0.4, 0.5) is 24.7 Å². The predicted molar refractivity (Wildman–Crippen MR) is 114 cm³/mol. The number of sulfone groups is 1. The first kappa shape index (κ1) is 22.6. The molecule has 0 spiro atoms. The number of hydrogen-bond donors (Lipinski definition) is 1. The van der Waals surface area contributed by atoms with Crippen LogP contribution < -0.4 is 10.2 Å². The summed E-state index contributed by atoms with van der Waals surface area (Å²) in [5, 5.41) is 2.54. The third-order valence-corrected chi connectivity index (χ3v) is 7.34. The van der Waals surface area contributed by atoms with Crippen molar-refractivity contribution in [1.82, 2.24) is 4.98 Å². The molecule has 1 aliphatic carbocycles. The quantitative estimate of drug-likeness (QED) is 0.722. The van der Waals surface area contributed by atoms with E-state index >= 15 is 0 Å². The largest absolute Gasteiger partial charge is 0.417 e. The van der Waals surface area contributed by atoms with E-state index in [0.717, 1.165) is 44.2 Å². The average Bonchev–Trinajstić information content (AvgIpc) is 3.16. The Labute approximate surface area is 184 Å². The molecule has 1 saturated carbocycles. The molecule has 4 rings (SSSR count). The van der Waals surface area contributed by atoms with Crippen molar-refractivity contribution in [2.75, 3.05) is 29.6 Å². The molecule has 2 heterocycles. The average molecular weight is 468 g/mol. The molecule has 1 saturated heterocycles. The number of amides is 1. The van der Waals surface area contributed by atoms with Crippen LogP contribution in [0.15, 0.2) is 41.4 Å². The van der Waals surface area contributed by atoms with E-state index < -0.39 is 27.5 Å². The Morgan fingerprint density at radius 1 is 1.12 bits per heavy atom. The highest BCUT2D eigenvalue weighted by atomic mass is 32.2. The molecular weight excluding hydrogens is 443 g/mol. The van der Waals surface area contributed by atoms with Crippen molar-refractivity contribution in [3.63, 3.8) is 0 Å². The molecule has 1 N–H and O–H groups in total. The second-order valence-corrected chi connectivity index (χ2v) is 10.6. The molecule has 1 aromatic heterocycles. The van der Waals surface area contributed by atoms with Crippen molar-refractivity contribution in [3.8, 4) is 0 Å². The van der Waals surface area contributed by atoms with Crippen LogP contribution in [0.3, 0.4) is 0 Å². The second kappa shape index (κ2) is 8.38. The molecule has 0 unspecified atom stereocenters. The number of aromatic nitrogens is 1. The zero-order chi connectivity index (χ0) is 23.1. The molecule has 2 aliphatic rings. The van der Waals surface area contributed by atoms with Crippen LogP contribution in [0.1, 0.15) is 41.6 Å². The van der Waals surface area contributed by atoms with Crippen LogP contribution in [-0.2, 0) is 16.0 Å². The lowest BCUT2D eigenvalue weighted by molar-refractivity contribution is -0.137. The molecule has 10 heteroatoms. The first-order valence-electron chi connectivity index (χ1n) is 10.5. The van der Waals surface area contributed by atoms with Gasteiger partial charge < -0.3 is 10.2 Å². The molecule has 172 valence electrons. The van der Waals surface area contributed by atoms with Gasteiger partial charge in [-0.25, -0.2) is 13.4 Å². The fourth-order valence-corrected chi connectivity index (χ4v) is 5.28. The lowest BCUT2D eigenvalue weighted by Crippen LogP contribution is -2.26. The number of benzene rings is 1. The fraction of sp³-hybridized carbons (Fsp3) is 0.455. The number of rotatable bonds is 4. The number of halogens is 3. The van der Waals surface area contributed by atoms with Gasteiger partial charge in [0.15, 0.2) is 9.84 Å². The molecule has 2 fully saturated rings. The van der Waals surface area contributed by atoms with Crippen LogP contribution in [0.25, 0.3) is 0 Å². The molecule has 32 heavy (non-hydrogen) atoms. The standard InChI is InChI=1S/C22H24F3N3O3S/c1-32(30,31)18-8-4-7-17(10-18)27-21(29)19-9-16(22(23,24)25)11-26-20(19)28-12-14-5-2-3-6-15(14)13-28/h4,7-11,14-15H,2-3,5-6,12-13H2,1H3,(H,27,29)/t14-,15+. The van der Waals surface area contributed by atoms with Crippen molar-refractivity contribution in [3.05, 3.63) is 47.7 Å². The zero-order valence-electron chi connectivity index (χ0n) is 17.5. The third kappa shape index (κ3) is 4.74. The number of fused-ring (bicyclic) bond motifs is 1. The van der Waals surface area contributed by atoms with E-state index in [-0.39, 0.29) is 22.0 Å². The minimum Gasteiger partial charge on any atom is -0.355 e. The molecule has 1 amide bonds. The SMILES string of the molecule is CS(=O)(=O)c1cccc(NC(=O)c2cc(C(F)(F)F)cnc2N2C[C@H]3CCCC[C@H]3C2)c1. The molecule has 1 aromatic carbocycles. The summed E-state index contributed by atoms with van der Waals surface area (Å²) in [6, 6.07) is 6.42. The van der Waals surface area contributed by atoms with Gasteiger partial charge in [0.25, 0.3) is 5.91 Å². The second-order valence-electron chi connectivity index (χ2n) is 8.56. The lowest BCUT2D eigenvalue weighted by atomic mass is 9.82. The number of carbonyl (C=O) groups is 1. The first-order chi connectivity index (χ1) is 15.0. The number of carbonyl (C=O) groups excluding carboxylic acids is 1. The summed E-state index contributed by atoms with van der Waals surface area (Å²) < 4.78 is 63.6. The number of anilines is 2. The summed E-state index contributed by atoms with van der Waals surface area (Å²) in [6.07, 6.45) is 1.58. The van der Waals surface area contributed by atoms with Crippen LogP contribution in [-0.4, -0.2) is 38.7 Å². The Kier molecular flexibility index (Phi) is 5.91. The fourth-order valence-electron chi connectivity index (χ4n) is 4.61. The van der Waals surface area contributed by atoms with E-state index in [1.807, 2.05) is 4.90 Å². The Balaban J connectivity index is 1.67. The summed E-state index contributed by atoms with van der Waals surface area (Å²) in [7, 11) is -3.51. The number of alkyl halides is 3. The van der Waals surface area contributed by atoms with E-state index in [1.54, 1.807) is 0 Å².